The third-order valence-electron chi connectivity index (χ3n) is 5.17. The van der Waals surface area contributed by atoms with Crippen LogP contribution in [0.4, 0.5) is 27.6 Å². The van der Waals surface area contributed by atoms with Crippen molar-refractivity contribution in [1.29, 1.82) is 0 Å². The lowest BCUT2D eigenvalue weighted by Gasteiger charge is -2.45. The number of aliphatic carboxylic acids is 1. The van der Waals surface area contributed by atoms with Gasteiger partial charge in [0, 0.05) is 38.3 Å². The van der Waals surface area contributed by atoms with Gasteiger partial charge in [-0.1, -0.05) is 18.2 Å². The van der Waals surface area contributed by atoms with Gasteiger partial charge in [-0.2, -0.15) is 13.2 Å². The molecule has 2 aliphatic heterocycles. The highest BCUT2D eigenvalue weighted by Gasteiger charge is 2.59. The molecule has 1 aromatic rings. The van der Waals surface area contributed by atoms with Gasteiger partial charge in [0.2, 0.25) is 5.91 Å². The largest absolute Gasteiger partial charge is 0.490 e. The van der Waals surface area contributed by atoms with Gasteiger partial charge in [0.1, 0.15) is 6.61 Å². The molecule has 1 unspecified atom stereocenters. The first-order valence-electron chi connectivity index (χ1n) is 8.78. The minimum Gasteiger partial charge on any atom is -0.475 e. The summed E-state index contributed by atoms with van der Waals surface area (Å²) in [6, 6.07) is 9.50. The predicted molar refractivity (Wildman–Crippen MR) is 92.6 cm³/mol. The van der Waals surface area contributed by atoms with Crippen molar-refractivity contribution < 1.29 is 41.8 Å². The van der Waals surface area contributed by atoms with Crippen molar-refractivity contribution in [2.45, 2.75) is 24.9 Å². The number of nitrogens with zero attached hydrogens (tertiary/aromatic N) is 2. The van der Waals surface area contributed by atoms with Crippen molar-refractivity contribution in [3.63, 3.8) is 0 Å². The lowest BCUT2D eigenvalue weighted by Crippen LogP contribution is -2.58. The van der Waals surface area contributed by atoms with Gasteiger partial charge in [0.05, 0.1) is 5.41 Å². The number of likely N-dealkylation sites (tertiary alicyclic amines) is 1. The predicted octanol–water partition coefficient (Wildman–Crippen LogP) is 2.38. The molecule has 0 bridgehead atoms. The maximum Gasteiger partial charge on any atom is 0.490 e. The maximum absolute atomic E-state index is 14.6. The van der Waals surface area contributed by atoms with Crippen LogP contribution in [0.3, 0.4) is 0 Å². The van der Waals surface area contributed by atoms with Crippen molar-refractivity contribution in [2.75, 3.05) is 37.7 Å². The number of amides is 1. The number of anilines is 1. The van der Waals surface area contributed by atoms with Crippen LogP contribution in [0.5, 0.6) is 0 Å². The van der Waals surface area contributed by atoms with Crippen LogP contribution in [-0.2, 0) is 9.59 Å². The number of benzene rings is 1. The van der Waals surface area contributed by atoms with E-state index in [4.69, 9.17) is 15.0 Å². The molecule has 0 radical (unpaired) electrons. The van der Waals surface area contributed by atoms with Gasteiger partial charge in [0.15, 0.2) is 0 Å². The highest BCUT2D eigenvalue weighted by molar-refractivity contribution is 5.77. The van der Waals surface area contributed by atoms with Crippen LogP contribution in [-0.4, -0.2) is 71.9 Å². The monoisotopic (exact) mass is 424 g/mol. The number of halogens is 5. The number of carboxylic acid groups (broad SMARTS) is 1. The molecule has 2 fully saturated rings. The summed E-state index contributed by atoms with van der Waals surface area (Å²) in [5.41, 5.74) is -0.285. The molecule has 3 rings (SSSR count). The van der Waals surface area contributed by atoms with Crippen molar-refractivity contribution in [2.24, 2.45) is 5.41 Å². The van der Waals surface area contributed by atoms with Gasteiger partial charge in [-0.05, 0) is 18.6 Å². The van der Waals surface area contributed by atoms with Crippen molar-refractivity contribution in [3.05, 3.63) is 30.3 Å². The first-order chi connectivity index (χ1) is 13.4. The van der Waals surface area contributed by atoms with Crippen molar-refractivity contribution >= 4 is 17.6 Å². The van der Waals surface area contributed by atoms with E-state index < -0.39 is 36.0 Å². The zero-order chi connectivity index (χ0) is 21.9. The molecule has 6 nitrogen and oxygen atoms in total. The van der Waals surface area contributed by atoms with Gasteiger partial charge in [-0.15, -0.1) is 0 Å². The van der Waals surface area contributed by atoms with E-state index in [1.807, 2.05) is 35.2 Å². The SMILES string of the molecule is O=C(CO)N1CCC(F)(F)C2(CCN(c3ccccc3)C2)C1.O=C(O)C(F)(F)F. The van der Waals surface area contributed by atoms with Crippen LogP contribution in [0.25, 0.3) is 0 Å². The highest BCUT2D eigenvalue weighted by Crippen LogP contribution is 2.50. The second-order valence-electron chi connectivity index (χ2n) is 7.02. The molecule has 1 spiro atoms. The fraction of sp³-hybridized carbons (Fsp3) is 0.556. The molecule has 1 aromatic carbocycles. The fourth-order valence-electron chi connectivity index (χ4n) is 3.57. The van der Waals surface area contributed by atoms with Crippen LogP contribution in [0, 0.1) is 5.41 Å². The number of rotatable bonds is 2. The minimum absolute atomic E-state index is 0.0134. The summed E-state index contributed by atoms with van der Waals surface area (Å²) in [4.78, 5) is 23.9. The van der Waals surface area contributed by atoms with E-state index >= 15 is 0 Å². The lowest BCUT2D eigenvalue weighted by molar-refractivity contribution is -0.192. The molecular formula is C18H21F5N2O4. The average molecular weight is 424 g/mol. The van der Waals surface area contributed by atoms with E-state index in [2.05, 4.69) is 0 Å². The lowest BCUT2D eigenvalue weighted by atomic mass is 9.75. The van der Waals surface area contributed by atoms with Crippen molar-refractivity contribution in [3.8, 4) is 0 Å². The number of carbonyl (C=O) groups is 2. The van der Waals surface area contributed by atoms with Crippen LogP contribution < -0.4 is 4.90 Å². The summed E-state index contributed by atoms with van der Waals surface area (Å²) in [5.74, 6) is -6.01. The number of aliphatic hydroxyl groups excluding tert-OH is 1. The van der Waals surface area contributed by atoms with E-state index in [-0.39, 0.29) is 26.1 Å². The highest BCUT2D eigenvalue weighted by atomic mass is 19.4. The summed E-state index contributed by atoms with van der Waals surface area (Å²) < 4.78 is 60.9. The normalized spacial score (nSPS) is 23.5. The van der Waals surface area contributed by atoms with Crippen LogP contribution >= 0.6 is 0 Å². The Morgan fingerprint density at radius 3 is 2.14 bits per heavy atom. The van der Waals surface area contributed by atoms with E-state index in [1.165, 1.54) is 4.90 Å². The molecule has 11 heteroatoms. The van der Waals surface area contributed by atoms with Gasteiger partial charge >= 0.3 is 12.1 Å². The van der Waals surface area contributed by atoms with Crippen LogP contribution in [0.1, 0.15) is 12.8 Å². The number of carbonyl (C=O) groups excluding carboxylic acids is 1. The van der Waals surface area contributed by atoms with E-state index in [0.29, 0.717) is 13.0 Å². The minimum atomic E-state index is -5.08. The van der Waals surface area contributed by atoms with E-state index in [9.17, 15) is 26.7 Å². The molecule has 2 N–H and O–H groups in total. The number of hydrogen-bond donors (Lipinski definition) is 2. The first kappa shape index (κ1) is 22.9. The van der Waals surface area contributed by atoms with Crippen molar-refractivity contribution in [1.82, 2.24) is 4.90 Å². The second kappa shape index (κ2) is 8.52. The number of alkyl halides is 5. The molecule has 162 valence electrons. The third kappa shape index (κ3) is 5.14. The van der Waals surface area contributed by atoms with Gasteiger partial charge < -0.3 is 20.0 Å². The molecule has 2 heterocycles. The molecule has 2 saturated heterocycles. The summed E-state index contributed by atoms with van der Waals surface area (Å²) >= 11 is 0. The molecule has 0 saturated carbocycles. The number of carboxylic acids is 1. The number of aliphatic hydroxyl groups is 1. The Kier molecular flexibility index (Phi) is 6.71. The van der Waals surface area contributed by atoms with E-state index in [1.54, 1.807) is 0 Å². The number of piperidine rings is 1. The average Bonchev–Trinajstić information content (AvgIpc) is 3.10. The van der Waals surface area contributed by atoms with Gasteiger partial charge in [0.25, 0.3) is 5.92 Å². The van der Waals surface area contributed by atoms with Crippen LogP contribution in [0.15, 0.2) is 30.3 Å². The zero-order valence-corrected chi connectivity index (χ0v) is 15.3. The topological polar surface area (TPSA) is 81.1 Å². The quantitative estimate of drug-likeness (QED) is 0.713. The Morgan fingerprint density at radius 2 is 1.62 bits per heavy atom. The fourth-order valence-corrected chi connectivity index (χ4v) is 3.57. The molecule has 2 aliphatic rings. The summed E-state index contributed by atoms with van der Waals surface area (Å²) in [7, 11) is 0. The van der Waals surface area contributed by atoms with Gasteiger partial charge in [-0.3, -0.25) is 4.79 Å². The molecular weight excluding hydrogens is 403 g/mol. The standard InChI is InChI=1S/C16H20F2N2O2.C2HF3O2/c17-16(18)7-9-20(14(22)10-21)12-15(16)6-8-19(11-15)13-4-2-1-3-5-13;3-2(4,5)1(6)7/h1-5,21H,6-12H2;(H,6,7). The molecule has 1 atom stereocenters. The smallest absolute Gasteiger partial charge is 0.475 e. The second-order valence-corrected chi connectivity index (χ2v) is 7.02. The first-order valence-corrected chi connectivity index (χ1v) is 8.78. The Morgan fingerprint density at radius 1 is 1.03 bits per heavy atom. The molecule has 1 amide bonds. The zero-order valence-electron chi connectivity index (χ0n) is 15.3. The third-order valence-corrected chi connectivity index (χ3v) is 5.17. The van der Waals surface area contributed by atoms with Crippen LogP contribution in [0.2, 0.25) is 0 Å². The Labute approximate surface area is 163 Å². The summed E-state index contributed by atoms with van der Waals surface area (Å²) in [5, 5.41) is 16.1. The molecule has 29 heavy (non-hydrogen) atoms. The Bertz CT molecular complexity index is 729. The van der Waals surface area contributed by atoms with E-state index in [0.717, 1.165) is 5.69 Å². The van der Waals surface area contributed by atoms with Gasteiger partial charge in [-0.25, -0.2) is 13.6 Å². The Balaban J connectivity index is 0.000000370. The Hall–Kier alpha value is -2.43. The summed E-state index contributed by atoms with van der Waals surface area (Å²) in [6.45, 7) is 0.201. The molecule has 0 aliphatic carbocycles. The maximum atomic E-state index is 14.6. The number of para-hydroxylation sites is 1. The summed E-state index contributed by atoms with van der Waals surface area (Å²) in [6.07, 6.45) is -5.06. The number of hydrogen-bond acceptors (Lipinski definition) is 4. The molecule has 0 aromatic heterocycles.